The van der Waals surface area contributed by atoms with E-state index in [1.54, 1.807) is 0 Å². The lowest BCUT2D eigenvalue weighted by atomic mass is 10.1. The Morgan fingerprint density at radius 1 is 1.04 bits per heavy atom. The molecule has 0 saturated carbocycles. The largest absolute Gasteiger partial charge is 0.310 e. The fourth-order valence-electron chi connectivity index (χ4n) is 3.74. The van der Waals surface area contributed by atoms with Crippen molar-refractivity contribution < 1.29 is 4.79 Å². The predicted octanol–water partition coefficient (Wildman–Crippen LogP) is 4.25. The number of fused-ring (bicyclic) bond motifs is 2. The van der Waals surface area contributed by atoms with Gasteiger partial charge in [-0.2, -0.15) is 0 Å². The minimum Gasteiger partial charge on any atom is -0.310 e. The Balaban J connectivity index is 1.48. The number of nitrogens with zero attached hydrogens (tertiary/aromatic N) is 2. The van der Waals surface area contributed by atoms with Crippen molar-refractivity contribution in [2.75, 3.05) is 18.5 Å². The highest BCUT2D eigenvalue weighted by Gasteiger charge is 2.29. The minimum absolute atomic E-state index is 0.160. The van der Waals surface area contributed by atoms with Crippen LogP contribution in [0.25, 0.3) is 10.8 Å². The first-order chi connectivity index (χ1) is 12.6. The molecule has 4 rings (SSSR count). The van der Waals surface area contributed by atoms with Crippen LogP contribution in [-0.2, 0) is 17.8 Å². The van der Waals surface area contributed by atoms with E-state index in [0.29, 0.717) is 0 Å². The molecule has 0 N–H and O–H groups in total. The van der Waals surface area contributed by atoms with Crippen LogP contribution in [0.1, 0.15) is 18.1 Å². The van der Waals surface area contributed by atoms with Crippen LogP contribution in [0.2, 0.25) is 0 Å². The third kappa shape index (κ3) is 3.11. The minimum atomic E-state index is -0.160. The van der Waals surface area contributed by atoms with E-state index in [1.165, 1.54) is 21.9 Å². The lowest BCUT2D eigenvalue weighted by Crippen LogP contribution is -2.45. The number of amides is 1. The maximum absolute atomic E-state index is 13.0. The zero-order chi connectivity index (χ0) is 18.1. The van der Waals surface area contributed by atoms with Crippen LogP contribution in [0.4, 0.5) is 5.69 Å². The van der Waals surface area contributed by atoms with Gasteiger partial charge in [0.2, 0.25) is 5.91 Å². The molecule has 0 spiro atoms. The summed E-state index contributed by atoms with van der Waals surface area (Å²) in [4.78, 5) is 17.1. The second-order valence-corrected chi connectivity index (χ2v) is 7.14. The molecule has 0 aromatic heterocycles. The van der Waals surface area contributed by atoms with Gasteiger partial charge in [-0.05, 0) is 54.4 Å². The standard InChI is InChI=1S/C23H24N2O/c1-17(23(26)25-14-13-20-8-5-6-10-22(20)25)24(2)16-18-11-12-19-7-3-4-9-21(19)15-18/h3-12,15,17H,13-14,16H2,1-2H3/t17-/m1/s1. The fourth-order valence-corrected chi connectivity index (χ4v) is 3.74. The van der Waals surface area contributed by atoms with Gasteiger partial charge in [-0.1, -0.05) is 54.6 Å². The summed E-state index contributed by atoms with van der Waals surface area (Å²) in [7, 11) is 2.03. The molecule has 0 saturated heterocycles. The van der Waals surface area contributed by atoms with Gasteiger partial charge in [-0.25, -0.2) is 0 Å². The molecule has 0 unspecified atom stereocenters. The van der Waals surface area contributed by atoms with E-state index in [4.69, 9.17) is 0 Å². The van der Waals surface area contributed by atoms with Gasteiger partial charge < -0.3 is 4.90 Å². The smallest absolute Gasteiger partial charge is 0.244 e. The van der Waals surface area contributed by atoms with Gasteiger partial charge in [0.05, 0.1) is 6.04 Å². The van der Waals surface area contributed by atoms with E-state index >= 15 is 0 Å². The third-order valence-electron chi connectivity index (χ3n) is 5.42. The van der Waals surface area contributed by atoms with Crippen LogP contribution in [-0.4, -0.2) is 30.4 Å². The SMILES string of the molecule is C[C@H](C(=O)N1CCc2ccccc21)N(C)Cc1ccc2ccccc2c1. The molecule has 3 heteroatoms. The molecule has 3 nitrogen and oxygen atoms in total. The summed E-state index contributed by atoms with van der Waals surface area (Å²) in [5.41, 5.74) is 3.57. The van der Waals surface area contributed by atoms with Crippen molar-refractivity contribution in [3.8, 4) is 0 Å². The van der Waals surface area contributed by atoms with Gasteiger partial charge in [-0.3, -0.25) is 9.69 Å². The molecular formula is C23H24N2O. The van der Waals surface area contributed by atoms with Crippen LogP contribution in [0.15, 0.2) is 66.7 Å². The van der Waals surface area contributed by atoms with Crippen LogP contribution in [0, 0.1) is 0 Å². The summed E-state index contributed by atoms with van der Waals surface area (Å²) in [6.45, 7) is 3.55. The second kappa shape index (κ2) is 6.93. The van der Waals surface area contributed by atoms with Crippen molar-refractivity contribution in [1.29, 1.82) is 0 Å². The number of anilines is 1. The van der Waals surface area contributed by atoms with Crippen molar-refractivity contribution >= 4 is 22.4 Å². The summed E-state index contributed by atoms with van der Waals surface area (Å²) in [5, 5.41) is 2.49. The molecule has 0 fully saturated rings. The number of carbonyl (C=O) groups is 1. The quantitative estimate of drug-likeness (QED) is 0.706. The summed E-state index contributed by atoms with van der Waals surface area (Å²) in [6.07, 6.45) is 0.947. The lowest BCUT2D eigenvalue weighted by Gasteiger charge is -2.28. The highest BCUT2D eigenvalue weighted by Crippen LogP contribution is 2.28. The molecule has 3 aromatic rings. The highest BCUT2D eigenvalue weighted by molar-refractivity contribution is 5.98. The van der Waals surface area contributed by atoms with Crippen LogP contribution < -0.4 is 4.90 Å². The fraction of sp³-hybridized carbons (Fsp3) is 0.261. The monoisotopic (exact) mass is 344 g/mol. The molecule has 1 aliphatic heterocycles. The molecule has 1 heterocycles. The Morgan fingerprint density at radius 2 is 1.77 bits per heavy atom. The van der Waals surface area contributed by atoms with Crippen LogP contribution in [0.3, 0.4) is 0 Å². The Morgan fingerprint density at radius 3 is 2.62 bits per heavy atom. The van der Waals surface area contributed by atoms with Crippen molar-refractivity contribution in [2.24, 2.45) is 0 Å². The van der Waals surface area contributed by atoms with Crippen LogP contribution >= 0.6 is 0 Å². The lowest BCUT2D eigenvalue weighted by molar-refractivity contribution is -0.122. The van der Waals surface area contributed by atoms with E-state index < -0.39 is 0 Å². The second-order valence-electron chi connectivity index (χ2n) is 7.14. The Hall–Kier alpha value is -2.65. The zero-order valence-electron chi connectivity index (χ0n) is 15.4. The number of rotatable bonds is 4. The van der Waals surface area contributed by atoms with Gasteiger partial charge in [0.25, 0.3) is 0 Å². The molecule has 0 radical (unpaired) electrons. The number of hydrogen-bond acceptors (Lipinski definition) is 2. The average molecular weight is 344 g/mol. The molecule has 1 aliphatic rings. The summed E-state index contributed by atoms with van der Waals surface area (Å²) < 4.78 is 0. The van der Waals surface area contributed by atoms with Crippen LogP contribution in [0.5, 0.6) is 0 Å². The first-order valence-corrected chi connectivity index (χ1v) is 9.21. The van der Waals surface area contributed by atoms with Crippen molar-refractivity contribution in [3.05, 3.63) is 77.9 Å². The van der Waals surface area contributed by atoms with Gasteiger partial charge in [0, 0.05) is 18.8 Å². The topological polar surface area (TPSA) is 23.6 Å². The van der Waals surface area contributed by atoms with E-state index in [2.05, 4.69) is 59.5 Å². The number of para-hydroxylation sites is 1. The number of likely N-dealkylation sites (N-methyl/N-ethyl adjacent to an activating group) is 1. The Bertz CT molecular complexity index is 950. The highest BCUT2D eigenvalue weighted by atomic mass is 16.2. The molecule has 26 heavy (non-hydrogen) atoms. The average Bonchev–Trinajstić information content (AvgIpc) is 3.11. The molecule has 132 valence electrons. The molecule has 0 bridgehead atoms. The molecule has 1 amide bonds. The van der Waals surface area contributed by atoms with Gasteiger partial charge in [0.1, 0.15) is 0 Å². The third-order valence-corrected chi connectivity index (χ3v) is 5.42. The Kier molecular flexibility index (Phi) is 4.48. The number of carbonyl (C=O) groups excluding carboxylic acids is 1. The van der Waals surface area contributed by atoms with E-state index in [1.807, 2.05) is 31.0 Å². The Labute approximate surface area is 154 Å². The zero-order valence-corrected chi connectivity index (χ0v) is 15.4. The summed E-state index contributed by atoms with van der Waals surface area (Å²) in [5.74, 6) is 0.179. The first-order valence-electron chi connectivity index (χ1n) is 9.21. The van der Waals surface area contributed by atoms with E-state index in [-0.39, 0.29) is 11.9 Å². The van der Waals surface area contributed by atoms with E-state index in [9.17, 15) is 4.79 Å². The molecule has 3 aromatic carbocycles. The normalized spacial score (nSPS) is 14.7. The summed E-state index contributed by atoms with van der Waals surface area (Å²) >= 11 is 0. The van der Waals surface area contributed by atoms with Crippen molar-refractivity contribution in [2.45, 2.75) is 25.9 Å². The first kappa shape index (κ1) is 16.8. The predicted molar refractivity (Wildman–Crippen MR) is 107 cm³/mol. The number of hydrogen-bond donors (Lipinski definition) is 0. The maximum Gasteiger partial charge on any atom is 0.244 e. The summed E-state index contributed by atoms with van der Waals surface area (Å²) in [6, 6.07) is 23.0. The van der Waals surface area contributed by atoms with Crippen molar-refractivity contribution in [1.82, 2.24) is 4.90 Å². The molecule has 0 aliphatic carbocycles. The molecular weight excluding hydrogens is 320 g/mol. The number of benzene rings is 3. The van der Waals surface area contributed by atoms with Gasteiger partial charge in [-0.15, -0.1) is 0 Å². The van der Waals surface area contributed by atoms with Crippen molar-refractivity contribution in [3.63, 3.8) is 0 Å². The van der Waals surface area contributed by atoms with E-state index in [0.717, 1.165) is 25.2 Å². The van der Waals surface area contributed by atoms with Gasteiger partial charge in [0.15, 0.2) is 0 Å². The maximum atomic E-state index is 13.0. The molecule has 1 atom stereocenters. The van der Waals surface area contributed by atoms with Gasteiger partial charge >= 0.3 is 0 Å².